The molecular weight excluding hydrogens is 310 g/mol. The van der Waals surface area contributed by atoms with E-state index in [0.717, 1.165) is 35.1 Å². The molecule has 0 aliphatic carbocycles. The number of carbonyl (C=O) groups is 1. The summed E-state index contributed by atoms with van der Waals surface area (Å²) in [4.78, 5) is 19.4. The Morgan fingerprint density at radius 2 is 2.35 bits per heavy atom. The van der Waals surface area contributed by atoms with Crippen LogP contribution < -0.4 is 5.73 Å². The Kier molecular flexibility index (Phi) is 4.61. The lowest BCUT2D eigenvalue weighted by Gasteiger charge is -2.40. The summed E-state index contributed by atoms with van der Waals surface area (Å²) in [6, 6.07) is 7.53. The number of fused-ring (bicyclic) bond motifs is 1. The number of nitrogens with two attached hydrogens (primary N) is 1. The molecule has 6 heteroatoms. The van der Waals surface area contributed by atoms with Gasteiger partial charge < -0.3 is 15.4 Å². The Morgan fingerprint density at radius 1 is 1.52 bits per heavy atom. The van der Waals surface area contributed by atoms with Crippen molar-refractivity contribution in [1.82, 2.24) is 4.90 Å². The molecule has 23 heavy (non-hydrogen) atoms. The van der Waals surface area contributed by atoms with Crippen LogP contribution in [0.4, 0.5) is 5.69 Å². The van der Waals surface area contributed by atoms with Crippen molar-refractivity contribution in [1.29, 1.82) is 0 Å². The molecule has 2 aliphatic heterocycles. The van der Waals surface area contributed by atoms with E-state index < -0.39 is 0 Å². The lowest BCUT2D eigenvalue weighted by molar-refractivity contribution is -0.139. The van der Waals surface area contributed by atoms with E-state index in [2.05, 4.69) is 9.89 Å². The van der Waals surface area contributed by atoms with Crippen LogP contribution in [0.25, 0.3) is 0 Å². The predicted octanol–water partition coefficient (Wildman–Crippen LogP) is 2.96. The van der Waals surface area contributed by atoms with Gasteiger partial charge in [-0.2, -0.15) is 0 Å². The van der Waals surface area contributed by atoms with Crippen molar-refractivity contribution in [3.63, 3.8) is 0 Å². The number of hydrogen-bond donors (Lipinski definition) is 1. The number of allylic oxidation sites excluding steroid dienone is 1. The first kappa shape index (κ1) is 15.9. The van der Waals surface area contributed by atoms with E-state index in [9.17, 15) is 4.79 Å². The fourth-order valence-electron chi connectivity index (χ4n) is 3.01. The number of nitrogen functional groups attached to an aromatic ring is 1. The monoisotopic (exact) mass is 331 g/mol. The number of benzene rings is 1. The number of anilines is 1. The van der Waals surface area contributed by atoms with Crippen molar-refractivity contribution in [3.05, 3.63) is 41.1 Å². The lowest BCUT2D eigenvalue weighted by atomic mass is 9.94. The van der Waals surface area contributed by atoms with E-state index in [1.165, 1.54) is 0 Å². The van der Waals surface area contributed by atoms with Crippen molar-refractivity contribution in [2.24, 2.45) is 4.99 Å². The van der Waals surface area contributed by atoms with Gasteiger partial charge in [0.15, 0.2) is 5.17 Å². The number of rotatable bonds is 3. The number of aliphatic imine (C=N–C) groups is 1. The van der Waals surface area contributed by atoms with Gasteiger partial charge in [0.2, 0.25) is 0 Å². The molecule has 1 atom stereocenters. The van der Waals surface area contributed by atoms with Crippen molar-refractivity contribution >= 4 is 28.6 Å². The summed E-state index contributed by atoms with van der Waals surface area (Å²) in [5.41, 5.74) is 9.00. The molecule has 1 fully saturated rings. The molecule has 122 valence electrons. The number of esters is 1. The molecular formula is C17H21N3O2S. The van der Waals surface area contributed by atoms with Crippen molar-refractivity contribution in [2.45, 2.75) is 26.3 Å². The van der Waals surface area contributed by atoms with Gasteiger partial charge in [0, 0.05) is 18.0 Å². The zero-order chi connectivity index (χ0) is 16.4. The molecule has 0 bridgehead atoms. The van der Waals surface area contributed by atoms with Gasteiger partial charge in [0.1, 0.15) is 0 Å². The molecule has 0 amide bonds. The van der Waals surface area contributed by atoms with E-state index in [-0.39, 0.29) is 12.0 Å². The lowest BCUT2D eigenvalue weighted by Crippen LogP contribution is -2.42. The third-order valence-electron chi connectivity index (χ3n) is 3.98. The summed E-state index contributed by atoms with van der Waals surface area (Å²) in [6.07, 6.45) is 1.07. The Morgan fingerprint density at radius 3 is 3.09 bits per heavy atom. The summed E-state index contributed by atoms with van der Waals surface area (Å²) < 4.78 is 5.28. The highest BCUT2D eigenvalue weighted by Gasteiger charge is 2.37. The first-order valence-corrected chi connectivity index (χ1v) is 8.82. The molecule has 3 rings (SSSR count). The van der Waals surface area contributed by atoms with Crippen molar-refractivity contribution < 1.29 is 9.53 Å². The van der Waals surface area contributed by atoms with Gasteiger partial charge in [-0.25, -0.2) is 9.79 Å². The van der Waals surface area contributed by atoms with E-state index >= 15 is 0 Å². The van der Waals surface area contributed by atoms with Gasteiger partial charge in [-0.1, -0.05) is 23.9 Å². The summed E-state index contributed by atoms with van der Waals surface area (Å²) in [5, 5.41) is 0.981. The van der Waals surface area contributed by atoms with Crippen LogP contribution in [-0.2, 0) is 9.53 Å². The van der Waals surface area contributed by atoms with E-state index in [1.54, 1.807) is 11.8 Å². The Bertz CT molecular complexity index is 684. The first-order chi connectivity index (χ1) is 11.1. The van der Waals surface area contributed by atoms with Crippen LogP contribution in [0, 0.1) is 0 Å². The first-order valence-electron chi connectivity index (χ1n) is 7.83. The minimum Gasteiger partial charge on any atom is -0.463 e. The second-order valence-corrected chi connectivity index (χ2v) is 6.64. The van der Waals surface area contributed by atoms with Crippen LogP contribution in [0.15, 0.2) is 40.5 Å². The smallest absolute Gasteiger partial charge is 0.338 e. The topological polar surface area (TPSA) is 67.9 Å². The number of nitrogens with zero attached hydrogens (tertiary/aromatic N) is 2. The average molecular weight is 331 g/mol. The SMILES string of the molecule is CCOC(=O)C1=C(C)N=C2SCCCN2C1c1cccc(N)c1. The number of carbonyl (C=O) groups excluding carboxylic acids is 1. The summed E-state index contributed by atoms with van der Waals surface area (Å²) in [5.74, 6) is 0.761. The van der Waals surface area contributed by atoms with Crippen LogP contribution in [-0.4, -0.2) is 34.9 Å². The van der Waals surface area contributed by atoms with Gasteiger partial charge >= 0.3 is 5.97 Å². The molecule has 5 nitrogen and oxygen atoms in total. The summed E-state index contributed by atoms with van der Waals surface area (Å²) in [6.45, 7) is 4.93. The zero-order valence-corrected chi connectivity index (χ0v) is 14.2. The van der Waals surface area contributed by atoms with Crippen LogP contribution in [0.1, 0.15) is 31.9 Å². The maximum atomic E-state index is 12.5. The van der Waals surface area contributed by atoms with Gasteiger partial charge in [0.25, 0.3) is 0 Å². The van der Waals surface area contributed by atoms with E-state index in [0.29, 0.717) is 17.9 Å². The summed E-state index contributed by atoms with van der Waals surface area (Å²) in [7, 11) is 0. The number of amidine groups is 1. The molecule has 0 aromatic heterocycles. The van der Waals surface area contributed by atoms with E-state index in [1.807, 2.05) is 38.1 Å². The van der Waals surface area contributed by atoms with Crippen LogP contribution in [0.3, 0.4) is 0 Å². The molecule has 2 heterocycles. The van der Waals surface area contributed by atoms with Gasteiger partial charge in [-0.3, -0.25) is 0 Å². The van der Waals surface area contributed by atoms with Crippen molar-refractivity contribution in [3.8, 4) is 0 Å². The average Bonchev–Trinajstić information content (AvgIpc) is 2.53. The Hall–Kier alpha value is -1.95. The largest absolute Gasteiger partial charge is 0.463 e. The molecule has 1 aromatic carbocycles. The van der Waals surface area contributed by atoms with Gasteiger partial charge in [0.05, 0.1) is 23.9 Å². The Balaban J connectivity index is 2.10. The third kappa shape index (κ3) is 3.08. The molecule has 1 unspecified atom stereocenters. The molecule has 2 N–H and O–H groups in total. The van der Waals surface area contributed by atoms with Gasteiger partial charge in [-0.15, -0.1) is 0 Å². The second kappa shape index (κ2) is 6.66. The molecule has 0 saturated carbocycles. The normalized spacial score (nSPS) is 20.9. The van der Waals surface area contributed by atoms with Crippen LogP contribution in [0.5, 0.6) is 0 Å². The fourth-order valence-corrected chi connectivity index (χ4v) is 4.03. The standard InChI is InChI=1S/C17H21N3O2S/c1-3-22-16(21)14-11(2)19-17-20(8-5-9-23-17)15(14)12-6-4-7-13(18)10-12/h4,6-7,10,15H,3,5,8-9,18H2,1-2H3. The second-order valence-electron chi connectivity index (χ2n) is 5.58. The summed E-state index contributed by atoms with van der Waals surface area (Å²) >= 11 is 1.74. The quantitative estimate of drug-likeness (QED) is 0.681. The molecule has 1 saturated heterocycles. The van der Waals surface area contributed by atoms with Crippen LogP contribution in [0.2, 0.25) is 0 Å². The minimum atomic E-state index is -0.296. The minimum absolute atomic E-state index is 0.183. The fraction of sp³-hybridized carbons (Fsp3) is 0.412. The third-order valence-corrected chi connectivity index (χ3v) is 5.06. The van der Waals surface area contributed by atoms with E-state index in [4.69, 9.17) is 10.5 Å². The highest BCUT2D eigenvalue weighted by atomic mass is 32.2. The number of hydrogen-bond acceptors (Lipinski definition) is 6. The highest BCUT2D eigenvalue weighted by molar-refractivity contribution is 8.13. The molecule has 0 radical (unpaired) electrons. The highest BCUT2D eigenvalue weighted by Crippen LogP contribution is 2.40. The maximum absolute atomic E-state index is 12.5. The molecule has 2 aliphatic rings. The predicted molar refractivity (Wildman–Crippen MR) is 94.1 cm³/mol. The van der Waals surface area contributed by atoms with Crippen molar-refractivity contribution in [2.75, 3.05) is 24.6 Å². The Labute approximate surface area is 140 Å². The molecule has 0 spiro atoms. The number of ether oxygens (including phenoxy) is 1. The van der Waals surface area contributed by atoms with Gasteiger partial charge in [-0.05, 0) is 38.0 Å². The zero-order valence-electron chi connectivity index (χ0n) is 13.4. The number of thioether (sulfide) groups is 1. The molecule has 1 aromatic rings. The maximum Gasteiger partial charge on any atom is 0.338 e. The van der Waals surface area contributed by atoms with Crippen LogP contribution >= 0.6 is 11.8 Å².